The van der Waals surface area contributed by atoms with Gasteiger partial charge in [-0.15, -0.1) is 0 Å². The van der Waals surface area contributed by atoms with E-state index in [0.717, 1.165) is 52.3 Å². The molecule has 0 heterocycles. The largest absolute Gasteiger partial charge is 0.497 e. The zero-order valence-electron chi connectivity index (χ0n) is 19.4. The summed E-state index contributed by atoms with van der Waals surface area (Å²) in [5, 5.41) is 2.95. The molecule has 0 fully saturated rings. The molecule has 3 aromatic carbocycles. The fourth-order valence-electron chi connectivity index (χ4n) is 3.44. The lowest BCUT2D eigenvalue weighted by Gasteiger charge is -2.20. The van der Waals surface area contributed by atoms with E-state index in [2.05, 4.69) is 46.1 Å². The van der Waals surface area contributed by atoms with Crippen molar-refractivity contribution in [1.82, 2.24) is 10.2 Å². The summed E-state index contributed by atoms with van der Waals surface area (Å²) >= 11 is 3.56. The number of ether oxygens (including phenoxy) is 2. The number of halogens is 1. The van der Waals surface area contributed by atoms with E-state index in [4.69, 9.17) is 9.47 Å². The molecule has 0 spiro atoms. The van der Waals surface area contributed by atoms with Gasteiger partial charge in [0.2, 0.25) is 0 Å². The van der Waals surface area contributed by atoms with Crippen LogP contribution in [0, 0.1) is 0 Å². The number of amides is 1. The van der Waals surface area contributed by atoms with Crippen LogP contribution in [0.2, 0.25) is 0 Å². The maximum atomic E-state index is 12.5. The van der Waals surface area contributed by atoms with E-state index in [1.807, 2.05) is 60.7 Å². The standard InChI is InChI=1S/C27H31BrN2O3/c1-4-30(5-2)18-23-16-24(28)12-15-26(23)33-19-21-6-10-22(11-7-21)27(31)29-17-20-8-13-25(32-3)14-9-20/h6-16H,4-5,17-19H2,1-3H3,(H,29,31). The van der Waals surface area contributed by atoms with Gasteiger partial charge < -0.3 is 14.8 Å². The van der Waals surface area contributed by atoms with E-state index in [9.17, 15) is 4.79 Å². The Labute approximate surface area is 204 Å². The maximum Gasteiger partial charge on any atom is 0.251 e. The first-order chi connectivity index (χ1) is 16.0. The molecule has 174 valence electrons. The zero-order valence-corrected chi connectivity index (χ0v) is 21.0. The fraction of sp³-hybridized carbons (Fsp3) is 0.296. The zero-order chi connectivity index (χ0) is 23.6. The molecule has 0 atom stereocenters. The van der Waals surface area contributed by atoms with Crippen molar-refractivity contribution in [3.63, 3.8) is 0 Å². The van der Waals surface area contributed by atoms with E-state index < -0.39 is 0 Å². The van der Waals surface area contributed by atoms with Crippen molar-refractivity contribution in [3.8, 4) is 11.5 Å². The van der Waals surface area contributed by atoms with Gasteiger partial charge in [-0.3, -0.25) is 9.69 Å². The minimum absolute atomic E-state index is 0.104. The molecule has 0 aliphatic heterocycles. The second-order valence-corrected chi connectivity index (χ2v) is 8.65. The van der Waals surface area contributed by atoms with Crippen molar-refractivity contribution < 1.29 is 14.3 Å². The van der Waals surface area contributed by atoms with Crippen LogP contribution in [0.4, 0.5) is 0 Å². The van der Waals surface area contributed by atoms with E-state index in [1.165, 1.54) is 0 Å². The molecule has 0 bridgehead atoms. The summed E-state index contributed by atoms with van der Waals surface area (Å²) in [4.78, 5) is 14.8. The van der Waals surface area contributed by atoms with Crippen LogP contribution < -0.4 is 14.8 Å². The monoisotopic (exact) mass is 510 g/mol. The first kappa shape index (κ1) is 24.8. The number of carbonyl (C=O) groups excluding carboxylic acids is 1. The molecule has 1 N–H and O–H groups in total. The van der Waals surface area contributed by atoms with Crippen molar-refractivity contribution in [1.29, 1.82) is 0 Å². The quantitative estimate of drug-likeness (QED) is 0.353. The van der Waals surface area contributed by atoms with Crippen LogP contribution in [0.25, 0.3) is 0 Å². The number of carbonyl (C=O) groups is 1. The molecular formula is C27H31BrN2O3. The number of hydrogen-bond acceptors (Lipinski definition) is 4. The van der Waals surface area contributed by atoms with Gasteiger partial charge in [0.15, 0.2) is 0 Å². The highest BCUT2D eigenvalue weighted by atomic mass is 79.9. The lowest BCUT2D eigenvalue weighted by molar-refractivity contribution is 0.0951. The summed E-state index contributed by atoms with van der Waals surface area (Å²) in [6.45, 7) is 8.06. The van der Waals surface area contributed by atoms with Gasteiger partial charge in [-0.2, -0.15) is 0 Å². The highest BCUT2D eigenvalue weighted by molar-refractivity contribution is 9.10. The van der Waals surface area contributed by atoms with Gasteiger partial charge in [0, 0.05) is 28.7 Å². The van der Waals surface area contributed by atoms with Crippen LogP contribution in [0.5, 0.6) is 11.5 Å². The van der Waals surface area contributed by atoms with Gasteiger partial charge in [-0.05, 0) is 66.7 Å². The van der Waals surface area contributed by atoms with Crippen LogP contribution in [0.3, 0.4) is 0 Å². The molecule has 0 saturated carbocycles. The van der Waals surface area contributed by atoms with Gasteiger partial charge in [0.1, 0.15) is 18.1 Å². The van der Waals surface area contributed by atoms with Crippen molar-refractivity contribution in [2.24, 2.45) is 0 Å². The Morgan fingerprint density at radius 3 is 2.24 bits per heavy atom. The van der Waals surface area contributed by atoms with Gasteiger partial charge in [0.25, 0.3) is 5.91 Å². The first-order valence-corrected chi connectivity index (χ1v) is 11.9. The normalized spacial score (nSPS) is 10.8. The van der Waals surface area contributed by atoms with E-state index in [1.54, 1.807) is 7.11 Å². The van der Waals surface area contributed by atoms with E-state index in [-0.39, 0.29) is 5.91 Å². The number of benzene rings is 3. The van der Waals surface area contributed by atoms with Gasteiger partial charge in [0.05, 0.1) is 7.11 Å². The molecule has 3 rings (SSSR count). The van der Waals surface area contributed by atoms with Gasteiger partial charge in [-0.25, -0.2) is 0 Å². The summed E-state index contributed by atoms with van der Waals surface area (Å²) in [6.07, 6.45) is 0. The lowest BCUT2D eigenvalue weighted by atomic mass is 10.1. The van der Waals surface area contributed by atoms with Crippen molar-refractivity contribution in [2.45, 2.75) is 33.5 Å². The molecule has 0 saturated heterocycles. The second kappa shape index (κ2) is 12.4. The molecule has 5 nitrogen and oxygen atoms in total. The molecule has 6 heteroatoms. The predicted octanol–water partition coefficient (Wildman–Crippen LogP) is 5.81. The Bertz CT molecular complexity index is 1030. The average molecular weight is 511 g/mol. The van der Waals surface area contributed by atoms with Crippen molar-refractivity contribution in [2.75, 3.05) is 20.2 Å². The first-order valence-electron chi connectivity index (χ1n) is 11.2. The molecule has 0 aromatic heterocycles. The lowest BCUT2D eigenvalue weighted by Crippen LogP contribution is -2.22. The average Bonchev–Trinajstić information content (AvgIpc) is 2.85. The Kier molecular flexibility index (Phi) is 9.34. The maximum absolute atomic E-state index is 12.5. The summed E-state index contributed by atoms with van der Waals surface area (Å²) in [5.74, 6) is 1.57. The smallest absolute Gasteiger partial charge is 0.251 e. The molecule has 3 aromatic rings. The van der Waals surface area contributed by atoms with Crippen LogP contribution in [-0.4, -0.2) is 31.0 Å². The second-order valence-electron chi connectivity index (χ2n) is 7.73. The molecular weight excluding hydrogens is 480 g/mol. The molecule has 33 heavy (non-hydrogen) atoms. The third-order valence-corrected chi connectivity index (χ3v) is 6.03. The number of methoxy groups -OCH3 is 1. The number of nitrogens with zero attached hydrogens (tertiary/aromatic N) is 1. The SMILES string of the molecule is CCN(CC)Cc1cc(Br)ccc1OCc1ccc(C(=O)NCc2ccc(OC)cc2)cc1. The van der Waals surface area contributed by atoms with Gasteiger partial charge in [-0.1, -0.05) is 54.0 Å². The van der Waals surface area contributed by atoms with Crippen molar-refractivity contribution in [3.05, 3.63) is 93.5 Å². The minimum Gasteiger partial charge on any atom is -0.497 e. The number of nitrogens with one attached hydrogen (secondary N) is 1. The highest BCUT2D eigenvalue weighted by Crippen LogP contribution is 2.25. The summed E-state index contributed by atoms with van der Waals surface area (Å²) in [7, 11) is 1.63. The Morgan fingerprint density at radius 1 is 0.939 bits per heavy atom. The third kappa shape index (κ3) is 7.34. The topological polar surface area (TPSA) is 50.8 Å². The Balaban J connectivity index is 1.56. The minimum atomic E-state index is -0.104. The highest BCUT2D eigenvalue weighted by Gasteiger charge is 2.10. The van der Waals surface area contributed by atoms with Crippen LogP contribution >= 0.6 is 15.9 Å². The summed E-state index contributed by atoms with van der Waals surface area (Å²) in [5.41, 5.74) is 3.81. The molecule has 0 aliphatic rings. The van der Waals surface area contributed by atoms with Crippen LogP contribution in [0.15, 0.2) is 71.2 Å². The Morgan fingerprint density at radius 2 is 1.61 bits per heavy atom. The Hall–Kier alpha value is -2.83. The fourth-order valence-corrected chi connectivity index (χ4v) is 3.85. The van der Waals surface area contributed by atoms with Crippen molar-refractivity contribution >= 4 is 21.8 Å². The molecule has 0 aliphatic carbocycles. The predicted molar refractivity (Wildman–Crippen MR) is 136 cm³/mol. The van der Waals surface area contributed by atoms with E-state index >= 15 is 0 Å². The van der Waals surface area contributed by atoms with E-state index in [0.29, 0.717) is 18.7 Å². The van der Waals surface area contributed by atoms with Gasteiger partial charge >= 0.3 is 0 Å². The van der Waals surface area contributed by atoms with Crippen LogP contribution in [0.1, 0.15) is 40.9 Å². The molecule has 0 radical (unpaired) electrons. The molecule has 0 unspecified atom stereocenters. The summed E-state index contributed by atoms with van der Waals surface area (Å²) in [6, 6.07) is 21.3. The third-order valence-electron chi connectivity index (χ3n) is 5.53. The molecule has 1 amide bonds. The number of rotatable bonds is 11. The number of hydrogen-bond donors (Lipinski definition) is 1. The summed E-state index contributed by atoms with van der Waals surface area (Å²) < 4.78 is 12.3. The van der Waals surface area contributed by atoms with Crippen LogP contribution in [-0.2, 0) is 19.7 Å².